The normalized spacial score (nSPS) is 20.8. The average molecular weight is 265 g/mol. The molecule has 0 aromatic heterocycles. The van der Waals surface area contributed by atoms with E-state index in [1.165, 1.54) is 18.9 Å². The van der Waals surface area contributed by atoms with E-state index in [0.717, 1.165) is 25.7 Å². The third-order valence-electron chi connectivity index (χ3n) is 4.60. The fourth-order valence-electron chi connectivity index (χ4n) is 3.15. The third-order valence-corrected chi connectivity index (χ3v) is 4.60. The molecule has 0 spiro atoms. The molecule has 1 fully saturated rings. The van der Waals surface area contributed by atoms with E-state index in [2.05, 4.69) is 0 Å². The summed E-state index contributed by atoms with van der Waals surface area (Å²) in [5.41, 5.74) is 6.95. The van der Waals surface area contributed by atoms with Gasteiger partial charge >= 0.3 is 0 Å². The van der Waals surface area contributed by atoms with E-state index >= 15 is 0 Å². The monoisotopic (exact) mass is 265 g/mol. The van der Waals surface area contributed by atoms with Gasteiger partial charge in [0.05, 0.1) is 6.10 Å². The molecule has 0 bridgehead atoms. The van der Waals surface area contributed by atoms with Gasteiger partial charge in [0.2, 0.25) is 0 Å². The minimum Gasteiger partial charge on any atom is -0.388 e. The highest BCUT2D eigenvalue weighted by Gasteiger charge is 2.37. The Hall–Kier alpha value is -0.930. The molecule has 1 aromatic rings. The van der Waals surface area contributed by atoms with E-state index in [-0.39, 0.29) is 11.2 Å². The molecular weight excluding hydrogens is 241 g/mol. The fraction of sp³-hybridized carbons (Fsp3) is 0.625. The molecule has 19 heavy (non-hydrogen) atoms. The maximum atomic E-state index is 13.7. The van der Waals surface area contributed by atoms with Crippen molar-refractivity contribution in [1.29, 1.82) is 0 Å². The highest BCUT2D eigenvalue weighted by molar-refractivity contribution is 5.26. The molecule has 1 aromatic carbocycles. The Bertz CT molecular complexity index is 425. The Kier molecular flexibility index (Phi) is 4.58. The van der Waals surface area contributed by atoms with Gasteiger partial charge in [-0.05, 0) is 37.0 Å². The second kappa shape index (κ2) is 6.02. The van der Waals surface area contributed by atoms with E-state index in [9.17, 15) is 9.50 Å². The van der Waals surface area contributed by atoms with Crippen LogP contribution in [0.15, 0.2) is 18.2 Å². The fourth-order valence-corrected chi connectivity index (χ4v) is 3.15. The molecule has 2 rings (SSSR count). The summed E-state index contributed by atoms with van der Waals surface area (Å²) in [6.07, 6.45) is 5.81. The number of nitrogens with two attached hydrogens (primary N) is 1. The molecule has 0 amide bonds. The zero-order chi connectivity index (χ0) is 13.9. The zero-order valence-electron chi connectivity index (χ0n) is 11.7. The summed E-state index contributed by atoms with van der Waals surface area (Å²) in [5.74, 6) is -0.252. The van der Waals surface area contributed by atoms with Crippen LogP contribution < -0.4 is 5.73 Å². The lowest BCUT2D eigenvalue weighted by molar-refractivity contribution is 0.0164. The number of hydrogen-bond donors (Lipinski definition) is 2. The van der Waals surface area contributed by atoms with Crippen LogP contribution in [-0.4, -0.2) is 11.7 Å². The zero-order valence-corrected chi connectivity index (χ0v) is 11.7. The van der Waals surface area contributed by atoms with Crippen LogP contribution in [0.5, 0.6) is 0 Å². The van der Waals surface area contributed by atoms with Crippen LogP contribution in [0.4, 0.5) is 4.39 Å². The first-order valence-corrected chi connectivity index (χ1v) is 7.23. The first-order valence-electron chi connectivity index (χ1n) is 7.23. The molecule has 1 unspecified atom stereocenters. The Balaban J connectivity index is 2.28. The number of aryl methyl sites for hydroxylation is 1. The summed E-state index contributed by atoms with van der Waals surface area (Å²) in [4.78, 5) is 0. The molecule has 2 nitrogen and oxygen atoms in total. The Labute approximate surface area is 114 Å². The minimum atomic E-state index is -0.661. The standard InChI is InChI=1S/C16H24FNO/c1-12-6-7-13(10-14(12)17)15(19)16(11-18)8-4-2-3-5-9-16/h6-7,10,15,19H,2-5,8-9,11,18H2,1H3. The second-order valence-electron chi connectivity index (χ2n) is 5.89. The maximum Gasteiger partial charge on any atom is 0.126 e. The number of benzene rings is 1. The molecule has 0 heterocycles. The molecule has 3 N–H and O–H groups in total. The summed E-state index contributed by atoms with van der Waals surface area (Å²) in [6.45, 7) is 2.19. The quantitative estimate of drug-likeness (QED) is 0.822. The van der Waals surface area contributed by atoms with Gasteiger partial charge in [-0.25, -0.2) is 4.39 Å². The topological polar surface area (TPSA) is 46.2 Å². The molecular formula is C16H24FNO. The number of aliphatic hydroxyl groups excluding tert-OH is 1. The third kappa shape index (κ3) is 2.98. The first-order chi connectivity index (χ1) is 9.09. The SMILES string of the molecule is Cc1ccc(C(O)C2(CN)CCCCCC2)cc1F. The smallest absolute Gasteiger partial charge is 0.126 e. The lowest BCUT2D eigenvalue weighted by Crippen LogP contribution is -2.36. The molecule has 0 saturated heterocycles. The molecule has 0 radical (unpaired) electrons. The Morgan fingerprint density at radius 1 is 1.26 bits per heavy atom. The largest absolute Gasteiger partial charge is 0.388 e. The van der Waals surface area contributed by atoms with Crippen LogP contribution in [0, 0.1) is 18.2 Å². The lowest BCUT2D eigenvalue weighted by atomic mass is 9.73. The highest BCUT2D eigenvalue weighted by Crippen LogP contribution is 2.44. The predicted octanol–water partition coefficient (Wildman–Crippen LogP) is 3.47. The number of hydrogen-bond acceptors (Lipinski definition) is 2. The highest BCUT2D eigenvalue weighted by atomic mass is 19.1. The van der Waals surface area contributed by atoms with Crippen molar-refractivity contribution in [1.82, 2.24) is 0 Å². The first kappa shape index (κ1) is 14.5. The molecule has 1 atom stereocenters. The van der Waals surface area contributed by atoms with Crippen LogP contribution in [0.3, 0.4) is 0 Å². The van der Waals surface area contributed by atoms with Gasteiger partial charge in [-0.15, -0.1) is 0 Å². The van der Waals surface area contributed by atoms with Crippen molar-refractivity contribution in [3.63, 3.8) is 0 Å². The summed E-state index contributed by atoms with van der Waals surface area (Å²) >= 11 is 0. The Morgan fingerprint density at radius 3 is 2.42 bits per heavy atom. The van der Waals surface area contributed by atoms with E-state index in [0.29, 0.717) is 17.7 Å². The average Bonchev–Trinajstić information content (AvgIpc) is 2.67. The van der Waals surface area contributed by atoms with Gasteiger partial charge in [0.15, 0.2) is 0 Å². The molecule has 106 valence electrons. The van der Waals surface area contributed by atoms with Crippen LogP contribution in [-0.2, 0) is 0 Å². The van der Waals surface area contributed by atoms with Gasteiger partial charge < -0.3 is 10.8 Å². The van der Waals surface area contributed by atoms with Gasteiger partial charge in [-0.1, -0.05) is 37.8 Å². The van der Waals surface area contributed by atoms with Crippen molar-refractivity contribution in [2.24, 2.45) is 11.1 Å². The van der Waals surface area contributed by atoms with Crippen molar-refractivity contribution in [2.75, 3.05) is 6.54 Å². The van der Waals surface area contributed by atoms with E-state index in [4.69, 9.17) is 5.73 Å². The molecule has 3 heteroatoms. The summed E-state index contributed by atoms with van der Waals surface area (Å²) in [5, 5.41) is 10.7. The van der Waals surface area contributed by atoms with Crippen molar-refractivity contribution in [3.8, 4) is 0 Å². The van der Waals surface area contributed by atoms with Gasteiger partial charge in [-0.2, -0.15) is 0 Å². The summed E-state index contributed by atoms with van der Waals surface area (Å²) in [7, 11) is 0. The van der Waals surface area contributed by atoms with Crippen LogP contribution >= 0.6 is 0 Å². The molecule has 1 aliphatic rings. The van der Waals surface area contributed by atoms with E-state index in [1.54, 1.807) is 13.0 Å². The second-order valence-corrected chi connectivity index (χ2v) is 5.89. The van der Waals surface area contributed by atoms with Crippen LogP contribution in [0.2, 0.25) is 0 Å². The van der Waals surface area contributed by atoms with Crippen molar-refractivity contribution in [2.45, 2.75) is 51.6 Å². The van der Waals surface area contributed by atoms with Crippen molar-refractivity contribution >= 4 is 0 Å². The van der Waals surface area contributed by atoms with E-state index < -0.39 is 6.10 Å². The van der Waals surface area contributed by atoms with Gasteiger partial charge in [-0.3, -0.25) is 0 Å². The molecule has 1 aliphatic carbocycles. The van der Waals surface area contributed by atoms with Gasteiger partial charge in [0.1, 0.15) is 5.82 Å². The predicted molar refractivity (Wildman–Crippen MR) is 75.3 cm³/mol. The minimum absolute atomic E-state index is 0.252. The van der Waals surface area contributed by atoms with E-state index in [1.807, 2.05) is 6.07 Å². The molecule has 0 aliphatic heterocycles. The molecule has 1 saturated carbocycles. The summed E-state index contributed by atoms with van der Waals surface area (Å²) in [6, 6.07) is 5.02. The van der Waals surface area contributed by atoms with Crippen LogP contribution in [0.1, 0.15) is 55.8 Å². The van der Waals surface area contributed by atoms with Crippen LogP contribution in [0.25, 0.3) is 0 Å². The lowest BCUT2D eigenvalue weighted by Gasteiger charge is -2.36. The van der Waals surface area contributed by atoms with Gasteiger partial charge in [0.25, 0.3) is 0 Å². The van der Waals surface area contributed by atoms with Crippen molar-refractivity contribution < 1.29 is 9.50 Å². The Morgan fingerprint density at radius 2 is 1.89 bits per heavy atom. The number of halogens is 1. The number of rotatable bonds is 3. The van der Waals surface area contributed by atoms with Gasteiger partial charge in [0, 0.05) is 12.0 Å². The summed E-state index contributed by atoms with van der Waals surface area (Å²) < 4.78 is 13.7. The number of aliphatic hydroxyl groups is 1. The van der Waals surface area contributed by atoms with Crippen molar-refractivity contribution in [3.05, 3.63) is 35.1 Å². The maximum absolute atomic E-state index is 13.7.